The summed E-state index contributed by atoms with van der Waals surface area (Å²) in [4.78, 5) is 36.4. The van der Waals surface area contributed by atoms with Crippen molar-refractivity contribution < 1.29 is 23.9 Å². The first kappa shape index (κ1) is 20.0. The largest absolute Gasteiger partial charge is 0.482 e. The third-order valence-electron chi connectivity index (χ3n) is 3.95. The molecular weight excluding hydrogens is 360 g/mol. The molecule has 0 unspecified atom stereocenters. The van der Waals surface area contributed by atoms with E-state index in [1.54, 1.807) is 17.9 Å². The number of fused-ring (bicyclic) bond motifs is 1. The van der Waals surface area contributed by atoms with Crippen LogP contribution in [0, 0.1) is 0 Å². The summed E-state index contributed by atoms with van der Waals surface area (Å²) in [5.41, 5.74) is 2.21. The van der Waals surface area contributed by atoms with Gasteiger partial charge in [0.25, 0.3) is 0 Å². The molecule has 0 aromatic heterocycles. The number of ether oxygens (including phenoxy) is 2. The highest BCUT2D eigenvalue weighted by Gasteiger charge is 2.25. The maximum Gasteiger partial charge on any atom is 0.409 e. The highest BCUT2D eigenvalue weighted by atomic mass is 35.5. The standard InChI is InChI=1S/C18H23ClN2O5/c1-4-25-18(24)21-7-5-13-9-15(20-12(3)23)17(26-10-11(2)22)16(19)14(13)6-8-21/h9H,4-8,10H2,1-3H3,(H,20,23). The summed E-state index contributed by atoms with van der Waals surface area (Å²) in [6.45, 7) is 5.70. The number of benzene rings is 1. The lowest BCUT2D eigenvalue weighted by Crippen LogP contribution is -2.33. The first-order valence-electron chi connectivity index (χ1n) is 8.49. The maximum absolute atomic E-state index is 12.0. The van der Waals surface area contributed by atoms with Crippen LogP contribution >= 0.6 is 11.6 Å². The average Bonchev–Trinajstić information content (AvgIpc) is 2.77. The molecule has 1 aromatic rings. The molecule has 1 aliphatic rings. The molecule has 0 aliphatic carbocycles. The number of ketones is 1. The minimum atomic E-state index is -0.355. The van der Waals surface area contributed by atoms with E-state index >= 15 is 0 Å². The first-order valence-corrected chi connectivity index (χ1v) is 8.87. The number of hydrogen-bond donors (Lipinski definition) is 1. The fraction of sp³-hybridized carbons (Fsp3) is 0.500. The molecule has 26 heavy (non-hydrogen) atoms. The Kier molecular flexibility index (Phi) is 6.85. The predicted octanol–water partition coefficient (Wildman–Crippen LogP) is 2.82. The Hall–Kier alpha value is -2.28. The summed E-state index contributed by atoms with van der Waals surface area (Å²) in [6.07, 6.45) is 0.753. The summed E-state index contributed by atoms with van der Waals surface area (Å²) >= 11 is 6.54. The molecule has 1 aromatic carbocycles. The van der Waals surface area contributed by atoms with Crippen LogP contribution in [0.5, 0.6) is 5.75 Å². The lowest BCUT2D eigenvalue weighted by atomic mass is 10.0. The molecule has 0 spiro atoms. The molecule has 7 nitrogen and oxygen atoms in total. The fourth-order valence-corrected chi connectivity index (χ4v) is 3.20. The Labute approximate surface area is 157 Å². The molecular formula is C18H23ClN2O5. The monoisotopic (exact) mass is 382 g/mol. The Morgan fingerprint density at radius 3 is 2.54 bits per heavy atom. The number of carbonyl (C=O) groups is 3. The number of hydrogen-bond acceptors (Lipinski definition) is 5. The third kappa shape index (κ3) is 4.88. The highest BCUT2D eigenvalue weighted by molar-refractivity contribution is 6.33. The fourth-order valence-electron chi connectivity index (χ4n) is 2.83. The molecule has 0 saturated heterocycles. The second-order valence-corrected chi connectivity index (χ2v) is 6.44. The number of Topliss-reactive ketones (excluding diaryl/α,β-unsaturated/α-hetero) is 1. The lowest BCUT2D eigenvalue weighted by molar-refractivity contribution is -0.118. The zero-order valence-electron chi connectivity index (χ0n) is 15.2. The third-order valence-corrected chi connectivity index (χ3v) is 4.35. The smallest absolute Gasteiger partial charge is 0.409 e. The van der Waals surface area contributed by atoms with Crippen LogP contribution in [0.4, 0.5) is 10.5 Å². The number of halogens is 1. The molecule has 0 radical (unpaired) electrons. The first-order chi connectivity index (χ1) is 12.3. The zero-order chi connectivity index (χ0) is 19.3. The van der Waals surface area contributed by atoms with Gasteiger partial charge in [0.05, 0.1) is 17.3 Å². The van der Waals surface area contributed by atoms with Gasteiger partial charge in [-0.15, -0.1) is 0 Å². The molecule has 0 atom stereocenters. The quantitative estimate of drug-likeness (QED) is 0.846. The topological polar surface area (TPSA) is 84.9 Å². The molecule has 2 amide bonds. The van der Waals surface area contributed by atoms with Gasteiger partial charge in [0.15, 0.2) is 11.5 Å². The van der Waals surface area contributed by atoms with Gasteiger partial charge in [-0.25, -0.2) is 4.79 Å². The van der Waals surface area contributed by atoms with Crippen molar-refractivity contribution in [2.24, 2.45) is 0 Å². The van der Waals surface area contributed by atoms with E-state index in [1.807, 2.05) is 0 Å². The van der Waals surface area contributed by atoms with E-state index in [9.17, 15) is 14.4 Å². The second-order valence-electron chi connectivity index (χ2n) is 6.06. The van der Waals surface area contributed by atoms with Crippen molar-refractivity contribution in [2.45, 2.75) is 33.6 Å². The highest BCUT2D eigenvalue weighted by Crippen LogP contribution is 2.40. The molecule has 0 saturated carbocycles. The number of nitrogens with one attached hydrogen (secondary N) is 1. The van der Waals surface area contributed by atoms with Gasteiger partial charge in [0.1, 0.15) is 6.61 Å². The van der Waals surface area contributed by atoms with Gasteiger partial charge in [-0.3, -0.25) is 9.59 Å². The summed E-state index contributed by atoms with van der Waals surface area (Å²) < 4.78 is 10.6. The van der Waals surface area contributed by atoms with Crippen molar-refractivity contribution in [2.75, 3.05) is 31.6 Å². The minimum absolute atomic E-state index is 0.139. The van der Waals surface area contributed by atoms with Crippen LogP contribution in [0.1, 0.15) is 31.9 Å². The van der Waals surface area contributed by atoms with Crippen LogP contribution < -0.4 is 10.1 Å². The van der Waals surface area contributed by atoms with Crippen molar-refractivity contribution in [3.63, 3.8) is 0 Å². The Bertz CT molecular complexity index is 720. The number of anilines is 1. The lowest BCUT2D eigenvalue weighted by Gasteiger charge is -2.19. The van der Waals surface area contributed by atoms with Gasteiger partial charge < -0.3 is 19.7 Å². The number of carbonyl (C=O) groups excluding carboxylic acids is 3. The summed E-state index contributed by atoms with van der Waals surface area (Å²) in [5.74, 6) is -0.144. The van der Waals surface area contributed by atoms with Crippen LogP contribution in [0.15, 0.2) is 6.07 Å². The molecule has 2 rings (SSSR count). The van der Waals surface area contributed by atoms with Crippen molar-refractivity contribution in [3.05, 3.63) is 22.2 Å². The van der Waals surface area contributed by atoms with Gasteiger partial charge in [0, 0.05) is 20.0 Å². The average molecular weight is 383 g/mol. The van der Waals surface area contributed by atoms with E-state index in [-0.39, 0.29) is 30.1 Å². The Morgan fingerprint density at radius 2 is 1.92 bits per heavy atom. The second kappa shape index (κ2) is 8.89. The molecule has 142 valence electrons. The van der Waals surface area contributed by atoms with Crippen LogP contribution in [0.2, 0.25) is 5.02 Å². The number of rotatable bonds is 5. The number of amides is 2. The molecule has 1 aliphatic heterocycles. The normalized spacial score (nSPS) is 13.5. The van der Waals surface area contributed by atoms with Crippen LogP contribution in [0.3, 0.4) is 0 Å². The molecule has 0 fully saturated rings. The van der Waals surface area contributed by atoms with Crippen LogP contribution in [-0.2, 0) is 27.2 Å². The predicted molar refractivity (Wildman–Crippen MR) is 97.9 cm³/mol. The van der Waals surface area contributed by atoms with Crippen LogP contribution in [0.25, 0.3) is 0 Å². The van der Waals surface area contributed by atoms with E-state index in [0.29, 0.717) is 43.2 Å². The summed E-state index contributed by atoms with van der Waals surface area (Å²) in [5, 5.41) is 3.06. The summed E-state index contributed by atoms with van der Waals surface area (Å²) in [7, 11) is 0. The Balaban J connectivity index is 2.35. The van der Waals surface area contributed by atoms with E-state index < -0.39 is 0 Å². The summed E-state index contributed by atoms with van der Waals surface area (Å²) in [6, 6.07) is 1.80. The van der Waals surface area contributed by atoms with E-state index in [2.05, 4.69) is 5.32 Å². The van der Waals surface area contributed by atoms with Crippen molar-refractivity contribution >= 4 is 35.1 Å². The van der Waals surface area contributed by atoms with E-state index in [4.69, 9.17) is 21.1 Å². The zero-order valence-corrected chi connectivity index (χ0v) is 15.9. The van der Waals surface area contributed by atoms with Gasteiger partial charge >= 0.3 is 6.09 Å². The van der Waals surface area contributed by atoms with Gasteiger partial charge in [-0.05, 0) is 43.9 Å². The van der Waals surface area contributed by atoms with E-state index in [1.165, 1.54) is 13.8 Å². The van der Waals surface area contributed by atoms with Gasteiger partial charge in [-0.2, -0.15) is 0 Å². The van der Waals surface area contributed by atoms with Gasteiger partial charge in [-0.1, -0.05) is 11.6 Å². The van der Waals surface area contributed by atoms with Crippen LogP contribution in [-0.4, -0.2) is 49.0 Å². The van der Waals surface area contributed by atoms with Crippen molar-refractivity contribution in [1.29, 1.82) is 0 Å². The minimum Gasteiger partial charge on any atom is -0.482 e. The van der Waals surface area contributed by atoms with Gasteiger partial charge in [0.2, 0.25) is 5.91 Å². The molecule has 1 N–H and O–H groups in total. The SMILES string of the molecule is CCOC(=O)N1CCc2cc(NC(C)=O)c(OCC(C)=O)c(Cl)c2CC1. The Morgan fingerprint density at radius 1 is 1.23 bits per heavy atom. The number of nitrogens with zero attached hydrogens (tertiary/aromatic N) is 1. The van der Waals surface area contributed by atoms with Crippen molar-refractivity contribution in [1.82, 2.24) is 4.90 Å². The van der Waals surface area contributed by atoms with Crippen molar-refractivity contribution in [3.8, 4) is 5.75 Å². The molecule has 1 heterocycles. The maximum atomic E-state index is 12.0. The molecule has 8 heteroatoms. The van der Waals surface area contributed by atoms with E-state index in [0.717, 1.165) is 11.1 Å². The molecule has 0 bridgehead atoms.